The van der Waals surface area contributed by atoms with Crippen LogP contribution in [-0.2, 0) is 0 Å². The number of anilines is 1. The average Bonchev–Trinajstić information content (AvgIpc) is 2.48. The number of nitrogens with one attached hydrogen (secondary N) is 1. The van der Waals surface area contributed by atoms with Crippen LogP contribution >= 0.6 is 11.6 Å². The number of aromatic nitrogens is 2. The number of hydrogen-bond acceptors (Lipinski definition) is 3. The molecule has 1 aliphatic carbocycles. The first-order valence-electron chi connectivity index (χ1n) is 7.53. The third-order valence-corrected chi connectivity index (χ3v) is 4.31. The molecule has 0 radical (unpaired) electrons. The van der Waals surface area contributed by atoms with Gasteiger partial charge < -0.3 is 5.32 Å². The van der Waals surface area contributed by atoms with Crippen LogP contribution in [0.5, 0.6) is 0 Å². The van der Waals surface area contributed by atoms with Gasteiger partial charge in [-0.2, -0.15) is 0 Å². The van der Waals surface area contributed by atoms with E-state index in [0.717, 1.165) is 11.4 Å². The Hall–Kier alpha value is -1.61. The van der Waals surface area contributed by atoms with Crippen molar-refractivity contribution in [2.24, 2.45) is 0 Å². The Balaban J connectivity index is 1.88. The third-order valence-electron chi connectivity index (χ3n) is 4.11. The predicted molar refractivity (Wildman–Crippen MR) is 87.6 cm³/mol. The molecule has 4 heteroatoms. The summed E-state index contributed by atoms with van der Waals surface area (Å²) < 4.78 is 0. The molecule has 1 saturated carbocycles. The van der Waals surface area contributed by atoms with Gasteiger partial charge in [-0.15, -0.1) is 0 Å². The van der Waals surface area contributed by atoms with Crippen LogP contribution in [0.15, 0.2) is 36.4 Å². The Morgan fingerprint density at radius 2 is 1.76 bits per heavy atom. The van der Waals surface area contributed by atoms with Crippen molar-refractivity contribution >= 4 is 17.4 Å². The van der Waals surface area contributed by atoms with Crippen LogP contribution in [0.3, 0.4) is 0 Å². The fourth-order valence-corrected chi connectivity index (χ4v) is 3.15. The number of rotatable bonds is 3. The molecule has 110 valence electrons. The Bertz CT molecular complexity index is 607. The summed E-state index contributed by atoms with van der Waals surface area (Å²) in [5, 5.41) is 4.05. The van der Waals surface area contributed by atoms with Crippen molar-refractivity contribution < 1.29 is 0 Å². The van der Waals surface area contributed by atoms with E-state index < -0.39 is 0 Å². The van der Waals surface area contributed by atoms with Crippen molar-refractivity contribution in [3.63, 3.8) is 0 Å². The van der Waals surface area contributed by atoms with Gasteiger partial charge in [-0.05, 0) is 19.8 Å². The zero-order valence-corrected chi connectivity index (χ0v) is 13.0. The molecule has 1 aromatic heterocycles. The molecule has 0 unspecified atom stereocenters. The molecule has 1 heterocycles. The first-order chi connectivity index (χ1) is 10.1. The van der Waals surface area contributed by atoms with E-state index in [-0.39, 0.29) is 5.54 Å². The molecular weight excluding hydrogens is 282 g/mol. The highest BCUT2D eigenvalue weighted by atomic mass is 35.5. The summed E-state index contributed by atoms with van der Waals surface area (Å²) >= 11 is 6.17. The molecule has 21 heavy (non-hydrogen) atoms. The quantitative estimate of drug-likeness (QED) is 0.817. The molecule has 1 fully saturated rings. The maximum absolute atomic E-state index is 6.17. The lowest BCUT2D eigenvalue weighted by atomic mass is 9.83. The second kappa shape index (κ2) is 6.02. The van der Waals surface area contributed by atoms with Crippen LogP contribution in [0.1, 0.15) is 39.0 Å². The van der Waals surface area contributed by atoms with Gasteiger partial charge in [-0.25, -0.2) is 9.97 Å². The predicted octanol–water partition coefficient (Wildman–Crippen LogP) is 4.93. The molecule has 3 nitrogen and oxygen atoms in total. The summed E-state index contributed by atoms with van der Waals surface area (Å²) in [5.74, 6) is 1.49. The van der Waals surface area contributed by atoms with Gasteiger partial charge in [0.1, 0.15) is 11.0 Å². The highest BCUT2D eigenvalue weighted by molar-refractivity contribution is 6.29. The largest absolute Gasteiger partial charge is 0.365 e. The lowest BCUT2D eigenvalue weighted by Crippen LogP contribution is -2.37. The van der Waals surface area contributed by atoms with Crippen molar-refractivity contribution in [1.29, 1.82) is 0 Å². The van der Waals surface area contributed by atoms with Gasteiger partial charge in [0.15, 0.2) is 5.82 Å². The third kappa shape index (κ3) is 3.53. The van der Waals surface area contributed by atoms with Gasteiger partial charge in [0.2, 0.25) is 0 Å². The second-order valence-electron chi connectivity index (χ2n) is 6.01. The van der Waals surface area contributed by atoms with Gasteiger partial charge in [0.25, 0.3) is 0 Å². The van der Waals surface area contributed by atoms with Crippen LogP contribution < -0.4 is 5.32 Å². The first-order valence-corrected chi connectivity index (χ1v) is 7.91. The lowest BCUT2D eigenvalue weighted by molar-refractivity contribution is 0.348. The monoisotopic (exact) mass is 301 g/mol. The summed E-state index contributed by atoms with van der Waals surface area (Å²) in [7, 11) is 0. The average molecular weight is 302 g/mol. The summed E-state index contributed by atoms with van der Waals surface area (Å²) in [4.78, 5) is 8.97. The Kier molecular flexibility index (Phi) is 4.11. The van der Waals surface area contributed by atoms with Crippen LogP contribution in [0, 0.1) is 0 Å². The molecule has 0 atom stereocenters. The zero-order chi connectivity index (χ0) is 14.7. The van der Waals surface area contributed by atoms with Gasteiger partial charge in [0.05, 0.1) is 0 Å². The Labute approximate surface area is 130 Å². The van der Waals surface area contributed by atoms with Crippen molar-refractivity contribution in [2.45, 2.75) is 44.6 Å². The molecular formula is C17H20ClN3. The van der Waals surface area contributed by atoms with Crippen molar-refractivity contribution in [3.05, 3.63) is 41.6 Å². The Morgan fingerprint density at radius 1 is 1.05 bits per heavy atom. The molecule has 0 bridgehead atoms. The molecule has 1 aromatic carbocycles. The number of nitrogens with zero attached hydrogens (tertiary/aromatic N) is 2. The van der Waals surface area contributed by atoms with Crippen molar-refractivity contribution in [1.82, 2.24) is 9.97 Å². The molecule has 1 N–H and O–H groups in total. The standard InChI is InChI=1S/C17H20ClN3/c1-17(10-6-3-7-11-17)21-15-12-14(18)19-16(20-15)13-8-4-2-5-9-13/h2,4-5,8-9,12H,3,6-7,10-11H2,1H3,(H,19,20,21). The van der Waals surface area contributed by atoms with E-state index in [9.17, 15) is 0 Å². The minimum Gasteiger partial charge on any atom is -0.365 e. The highest BCUT2D eigenvalue weighted by Gasteiger charge is 2.27. The van der Waals surface area contributed by atoms with Crippen molar-refractivity contribution in [2.75, 3.05) is 5.32 Å². The summed E-state index contributed by atoms with van der Waals surface area (Å²) in [6.45, 7) is 2.27. The maximum Gasteiger partial charge on any atom is 0.163 e. The SMILES string of the molecule is CC1(Nc2cc(Cl)nc(-c3ccccc3)n2)CCCCC1. The maximum atomic E-state index is 6.17. The fourth-order valence-electron chi connectivity index (χ4n) is 2.96. The van der Waals surface area contributed by atoms with E-state index in [2.05, 4.69) is 22.2 Å². The van der Waals surface area contributed by atoms with E-state index >= 15 is 0 Å². The van der Waals surface area contributed by atoms with Gasteiger partial charge >= 0.3 is 0 Å². The van der Waals surface area contributed by atoms with E-state index in [1.54, 1.807) is 0 Å². The summed E-state index contributed by atoms with van der Waals surface area (Å²) in [6.07, 6.45) is 6.23. The van der Waals surface area contributed by atoms with Crippen LogP contribution in [0.4, 0.5) is 5.82 Å². The molecule has 0 saturated heterocycles. The molecule has 3 rings (SSSR count). The van der Waals surface area contributed by atoms with Gasteiger partial charge in [-0.1, -0.05) is 61.2 Å². The topological polar surface area (TPSA) is 37.8 Å². The minimum atomic E-state index is 0.115. The smallest absolute Gasteiger partial charge is 0.163 e. The van der Waals surface area contributed by atoms with Gasteiger partial charge in [0, 0.05) is 17.2 Å². The van der Waals surface area contributed by atoms with Crippen LogP contribution in [-0.4, -0.2) is 15.5 Å². The molecule has 1 aliphatic rings. The van der Waals surface area contributed by atoms with Crippen molar-refractivity contribution in [3.8, 4) is 11.4 Å². The highest BCUT2D eigenvalue weighted by Crippen LogP contribution is 2.31. The minimum absolute atomic E-state index is 0.115. The van der Waals surface area contributed by atoms with Gasteiger partial charge in [-0.3, -0.25) is 0 Å². The fraction of sp³-hybridized carbons (Fsp3) is 0.412. The van der Waals surface area contributed by atoms with E-state index in [0.29, 0.717) is 11.0 Å². The number of halogens is 1. The molecule has 2 aromatic rings. The summed E-state index contributed by atoms with van der Waals surface area (Å²) in [6, 6.07) is 11.8. The zero-order valence-electron chi connectivity index (χ0n) is 12.3. The first kappa shape index (κ1) is 14.3. The molecule has 0 aliphatic heterocycles. The van der Waals surface area contributed by atoms with E-state index in [1.165, 1.54) is 32.1 Å². The van der Waals surface area contributed by atoms with Crippen LogP contribution in [0.25, 0.3) is 11.4 Å². The van der Waals surface area contributed by atoms with E-state index in [1.807, 2.05) is 36.4 Å². The second-order valence-corrected chi connectivity index (χ2v) is 6.40. The molecule has 0 spiro atoms. The molecule has 0 amide bonds. The number of benzene rings is 1. The van der Waals surface area contributed by atoms with Crippen LogP contribution in [0.2, 0.25) is 5.15 Å². The lowest BCUT2D eigenvalue weighted by Gasteiger charge is -2.35. The summed E-state index contributed by atoms with van der Waals surface area (Å²) in [5.41, 5.74) is 1.10. The van der Waals surface area contributed by atoms with E-state index in [4.69, 9.17) is 11.6 Å². The number of hydrogen-bond donors (Lipinski definition) is 1. The normalized spacial score (nSPS) is 17.4. The Morgan fingerprint density at radius 3 is 2.48 bits per heavy atom.